The predicted octanol–water partition coefficient (Wildman–Crippen LogP) is 4.81. The van der Waals surface area contributed by atoms with E-state index in [0.29, 0.717) is 21.4 Å². The summed E-state index contributed by atoms with van der Waals surface area (Å²) in [6.07, 6.45) is 1.49. The van der Waals surface area contributed by atoms with Crippen molar-refractivity contribution in [2.75, 3.05) is 19.0 Å². The number of nitro groups is 1. The number of nitrogens with one attached hydrogen (secondary N) is 1. The summed E-state index contributed by atoms with van der Waals surface area (Å²) in [4.78, 5) is 23.8. The summed E-state index contributed by atoms with van der Waals surface area (Å²) in [5, 5.41) is 19.1. The summed E-state index contributed by atoms with van der Waals surface area (Å²) >= 11 is 12.3. The number of benzene rings is 2. The number of nitrogens with zero attached hydrogens (tertiary/aromatic N) is 3. The Morgan fingerprint density at radius 2 is 2.03 bits per heavy atom. The average Bonchev–Trinajstić information content (AvgIpc) is 3.17. The van der Waals surface area contributed by atoms with E-state index in [1.54, 1.807) is 31.2 Å². The molecule has 0 spiro atoms. The van der Waals surface area contributed by atoms with Gasteiger partial charge in [-0.1, -0.05) is 35.3 Å². The van der Waals surface area contributed by atoms with E-state index in [4.69, 9.17) is 32.7 Å². The molecule has 0 aliphatic rings. The average molecular weight is 465 g/mol. The van der Waals surface area contributed by atoms with Crippen molar-refractivity contribution < 1.29 is 19.2 Å². The van der Waals surface area contributed by atoms with Crippen molar-refractivity contribution in [2.45, 2.75) is 13.5 Å². The smallest absolute Gasteiger partial charge is 0.286 e. The lowest BCUT2D eigenvalue weighted by atomic mass is 10.1. The van der Waals surface area contributed by atoms with Crippen molar-refractivity contribution in [3.05, 3.63) is 73.9 Å². The monoisotopic (exact) mass is 464 g/mol. The van der Waals surface area contributed by atoms with Gasteiger partial charge < -0.3 is 14.8 Å². The number of halogens is 2. The minimum atomic E-state index is -0.702. The van der Waals surface area contributed by atoms with Crippen molar-refractivity contribution in [2.24, 2.45) is 0 Å². The van der Waals surface area contributed by atoms with Gasteiger partial charge in [0, 0.05) is 12.1 Å². The SMILES string of the molecule is CCOc1cc([N+](=O)[O-])c(C(=O)Nc2ccnn2Cc2cccc(Cl)c2Cl)cc1OC. The summed E-state index contributed by atoms with van der Waals surface area (Å²) in [7, 11) is 1.38. The van der Waals surface area contributed by atoms with E-state index < -0.39 is 16.5 Å². The number of anilines is 1. The molecule has 0 aliphatic heterocycles. The number of hydrogen-bond acceptors (Lipinski definition) is 6. The van der Waals surface area contributed by atoms with E-state index >= 15 is 0 Å². The summed E-state index contributed by atoms with van der Waals surface area (Å²) in [6.45, 7) is 2.25. The highest BCUT2D eigenvalue weighted by Gasteiger charge is 2.25. The maximum Gasteiger partial charge on any atom is 0.286 e. The van der Waals surface area contributed by atoms with Crippen LogP contribution in [0.25, 0.3) is 0 Å². The van der Waals surface area contributed by atoms with E-state index in [1.807, 2.05) is 0 Å². The maximum atomic E-state index is 12.9. The van der Waals surface area contributed by atoms with Gasteiger partial charge in [-0.15, -0.1) is 0 Å². The molecule has 0 aliphatic carbocycles. The Morgan fingerprint density at radius 3 is 2.71 bits per heavy atom. The highest BCUT2D eigenvalue weighted by Crippen LogP contribution is 2.35. The standard InChI is InChI=1S/C20H18Cl2N4O5/c1-3-31-17-10-15(26(28)29)13(9-16(17)30-2)20(27)24-18-7-8-23-25(18)11-12-5-4-6-14(21)19(12)22/h4-10H,3,11H2,1-2H3,(H,24,27). The molecule has 1 heterocycles. The Hall–Kier alpha value is -3.30. The van der Waals surface area contributed by atoms with E-state index in [2.05, 4.69) is 10.4 Å². The third-order valence-electron chi connectivity index (χ3n) is 4.33. The highest BCUT2D eigenvalue weighted by atomic mass is 35.5. The van der Waals surface area contributed by atoms with Crippen molar-refractivity contribution >= 4 is 40.6 Å². The van der Waals surface area contributed by atoms with E-state index in [-0.39, 0.29) is 30.2 Å². The van der Waals surface area contributed by atoms with Crippen LogP contribution in [-0.2, 0) is 6.54 Å². The molecule has 3 rings (SSSR count). The van der Waals surface area contributed by atoms with E-state index in [9.17, 15) is 14.9 Å². The van der Waals surface area contributed by atoms with Gasteiger partial charge in [0.25, 0.3) is 11.6 Å². The van der Waals surface area contributed by atoms with Gasteiger partial charge >= 0.3 is 0 Å². The largest absolute Gasteiger partial charge is 0.493 e. The molecular formula is C20H18Cl2N4O5. The fourth-order valence-corrected chi connectivity index (χ4v) is 3.27. The maximum absolute atomic E-state index is 12.9. The van der Waals surface area contributed by atoms with Gasteiger partial charge in [0.2, 0.25) is 0 Å². The molecule has 0 radical (unpaired) electrons. The summed E-state index contributed by atoms with van der Waals surface area (Å²) in [6, 6.07) is 9.20. The molecule has 2 aromatic carbocycles. The predicted molar refractivity (Wildman–Crippen MR) is 117 cm³/mol. The Balaban J connectivity index is 1.91. The number of methoxy groups -OCH3 is 1. The zero-order valence-corrected chi connectivity index (χ0v) is 18.1. The Labute approximate surface area is 187 Å². The molecular weight excluding hydrogens is 447 g/mol. The third kappa shape index (κ3) is 4.89. The van der Waals surface area contributed by atoms with Crippen LogP contribution in [0.5, 0.6) is 11.5 Å². The first-order valence-corrected chi connectivity index (χ1v) is 9.86. The normalized spacial score (nSPS) is 10.6. The van der Waals surface area contributed by atoms with Crippen molar-refractivity contribution in [3.63, 3.8) is 0 Å². The molecule has 11 heteroatoms. The fourth-order valence-electron chi connectivity index (χ4n) is 2.89. The van der Waals surface area contributed by atoms with Crippen molar-refractivity contribution in [3.8, 4) is 11.5 Å². The minimum absolute atomic E-state index is 0.175. The number of amides is 1. The molecule has 0 saturated heterocycles. The third-order valence-corrected chi connectivity index (χ3v) is 5.19. The van der Waals surface area contributed by atoms with Gasteiger partial charge in [0.05, 0.1) is 47.5 Å². The Kier molecular flexibility index (Phi) is 6.98. The van der Waals surface area contributed by atoms with Crippen molar-refractivity contribution in [1.82, 2.24) is 9.78 Å². The van der Waals surface area contributed by atoms with Crippen LogP contribution in [0.1, 0.15) is 22.8 Å². The first kappa shape index (κ1) is 22.4. The lowest BCUT2D eigenvalue weighted by molar-refractivity contribution is -0.385. The van der Waals surface area contributed by atoms with Crippen LogP contribution in [0.3, 0.4) is 0 Å². The molecule has 1 aromatic heterocycles. The van der Waals surface area contributed by atoms with Crippen molar-refractivity contribution in [1.29, 1.82) is 0 Å². The number of carbonyl (C=O) groups is 1. The first-order chi connectivity index (χ1) is 14.8. The van der Waals surface area contributed by atoms with Gasteiger partial charge in [0.1, 0.15) is 11.4 Å². The Bertz CT molecular complexity index is 1130. The van der Waals surface area contributed by atoms with Gasteiger partial charge in [-0.3, -0.25) is 14.9 Å². The summed E-state index contributed by atoms with van der Waals surface area (Å²) < 4.78 is 12.1. The highest BCUT2D eigenvalue weighted by molar-refractivity contribution is 6.42. The Morgan fingerprint density at radius 1 is 1.26 bits per heavy atom. The molecule has 0 bridgehead atoms. The quantitative estimate of drug-likeness (QED) is 0.378. The van der Waals surface area contributed by atoms with Crippen LogP contribution in [0.4, 0.5) is 11.5 Å². The number of carbonyl (C=O) groups excluding carboxylic acids is 1. The molecule has 1 amide bonds. The van der Waals surface area contributed by atoms with Gasteiger partial charge in [-0.25, -0.2) is 4.68 Å². The minimum Gasteiger partial charge on any atom is -0.493 e. The number of ether oxygens (including phenoxy) is 2. The van der Waals surface area contributed by atoms with E-state index in [1.165, 1.54) is 30.1 Å². The number of aromatic nitrogens is 2. The number of hydrogen-bond donors (Lipinski definition) is 1. The molecule has 31 heavy (non-hydrogen) atoms. The number of nitro benzene ring substituents is 1. The molecule has 9 nitrogen and oxygen atoms in total. The van der Waals surface area contributed by atoms with Crippen LogP contribution in [0.2, 0.25) is 10.0 Å². The topological polar surface area (TPSA) is 109 Å². The molecule has 0 fully saturated rings. The second kappa shape index (κ2) is 9.67. The molecule has 0 atom stereocenters. The second-order valence-electron chi connectivity index (χ2n) is 6.25. The van der Waals surface area contributed by atoms with E-state index in [0.717, 1.165) is 0 Å². The lowest BCUT2D eigenvalue weighted by Crippen LogP contribution is -2.18. The molecule has 0 unspecified atom stereocenters. The van der Waals surface area contributed by atoms with Crippen LogP contribution < -0.4 is 14.8 Å². The first-order valence-electron chi connectivity index (χ1n) is 9.11. The fraction of sp³-hybridized carbons (Fsp3) is 0.200. The lowest BCUT2D eigenvalue weighted by Gasteiger charge is -2.13. The van der Waals surface area contributed by atoms with Crippen LogP contribution in [-0.4, -0.2) is 34.3 Å². The molecule has 162 valence electrons. The zero-order chi connectivity index (χ0) is 22.5. The second-order valence-corrected chi connectivity index (χ2v) is 7.04. The summed E-state index contributed by atoms with van der Waals surface area (Å²) in [5.41, 5.74) is 0.103. The van der Waals surface area contributed by atoms with Crippen LogP contribution in [0.15, 0.2) is 42.6 Å². The molecule has 0 saturated carbocycles. The number of rotatable bonds is 8. The van der Waals surface area contributed by atoms with Gasteiger partial charge in [0.15, 0.2) is 11.5 Å². The summed E-state index contributed by atoms with van der Waals surface area (Å²) in [5.74, 6) is 0.000822. The van der Waals surface area contributed by atoms with Gasteiger partial charge in [-0.05, 0) is 18.6 Å². The van der Waals surface area contributed by atoms with Crippen LogP contribution in [0, 0.1) is 10.1 Å². The molecule has 1 N–H and O–H groups in total. The van der Waals surface area contributed by atoms with Gasteiger partial charge in [-0.2, -0.15) is 5.10 Å². The van der Waals surface area contributed by atoms with Crippen LogP contribution >= 0.6 is 23.2 Å². The molecule has 3 aromatic rings. The zero-order valence-electron chi connectivity index (χ0n) is 16.6.